The van der Waals surface area contributed by atoms with Crippen LogP contribution in [0.25, 0.3) is 0 Å². The number of nitrogens with two attached hydrogens (primary N) is 1. The molecule has 0 aromatic heterocycles. The van der Waals surface area contributed by atoms with Gasteiger partial charge in [-0.2, -0.15) is 4.99 Å². The van der Waals surface area contributed by atoms with Crippen LogP contribution in [0.4, 0.5) is 5.69 Å². The Labute approximate surface area is 171 Å². The molecule has 1 aliphatic carbocycles. The standard InChI is InChI=1S/C21H28N6O2/c1-14-20(27(17-6-4-5-7-17)13-12-18(28)26(14)3)25-21(23-2)24-16-10-8-15(9-11-16)19(22)29/h8-11,17H,2,4-7,12-13H2,1,3H3,(H2,22,29)(H,24,25). The summed E-state index contributed by atoms with van der Waals surface area (Å²) >= 11 is 0. The number of hydrogen-bond donors (Lipinski definition) is 2. The average molecular weight is 396 g/mol. The number of anilines is 1. The number of primary amides is 1. The summed E-state index contributed by atoms with van der Waals surface area (Å²) in [5, 5.41) is 3.12. The second-order valence-corrected chi connectivity index (χ2v) is 7.40. The molecule has 2 aliphatic rings. The first-order valence-corrected chi connectivity index (χ1v) is 9.87. The lowest BCUT2D eigenvalue weighted by atomic mass is 10.2. The highest BCUT2D eigenvalue weighted by molar-refractivity contribution is 5.98. The third kappa shape index (κ3) is 4.64. The molecule has 29 heavy (non-hydrogen) atoms. The molecule has 8 heteroatoms. The van der Waals surface area contributed by atoms with Crippen LogP contribution < -0.4 is 11.1 Å². The molecule has 154 valence electrons. The maximum Gasteiger partial charge on any atom is 0.248 e. The van der Waals surface area contributed by atoms with Crippen molar-refractivity contribution in [2.75, 3.05) is 18.9 Å². The van der Waals surface area contributed by atoms with Gasteiger partial charge in [-0.05, 0) is 50.7 Å². The van der Waals surface area contributed by atoms with Crippen LogP contribution in [0.15, 0.2) is 45.8 Å². The second-order valence-electron chi connectivity index (χ2n) is 7.40. The Kier molecular flexibility index (Phi) is 6.31. The molecule has 1 fully saturated rings. The van der Waals surface area contributed by atoms with Crippen molar-refractivity contribution < 1.29 is 9.59 Å². The molecular formula is C21H28N6O2. The molecule has 0 bridgehead atoms. The molecular weight excluding hydrogens is 368 g/mol. The maximum atomic E-state index is 12.4. The predicted molar refractivity (Wildman–Crippen MR) is 115 cm³/mol. The summed E-state index contributed by atoms with van der Waals surface area (Å²) in [6, 6.07) is 7.13. The minimum atomic E-state index is -0.480. The topological polar surface area (TPSA) is 103 Å². The van der Waals surface area contributed by atoms with E-state index in [1.807, 2.05) is 6.92 Å². The molecule has 0 unspecified atom stereocenters. The Morgan fingerprint density at radius 2 is 1.90 bits per heavy atom. The van der Waals surface area contributed by atoms with Crippen molar-refractivity contribution in [3.8, 4) is 0 Å². The van der Waals surface area contributed by atoms with Gasteiger partial charge in [0.25, 0.3) is 0 Å². The summed E-state index contributed by atoms with van der Waals surface area (Å²) in [7, 11) is 1.78. The van der Waals surface area contributed by atoms with Gasteiger partial charge in [-0.15, -0.1) is 0 Å². The van der Waals surface area contributed by atoms with Crippen LogP contribution in [0.5, 0.6) is 0 Å². The van der Waals surface area contributed by atoms with Gasteiger partial charge in [0.1, 0.15) is 0 Å². The molecule has 1 aromatic rings. The molecule has 0 saturated heterocycles. The van der Waals surface area contributed by atoms with Crippen molar-refractivity contribution >= 4 is 30.2 Å². The van der Waals surface area contributed by atoms with Crippen LogP contribution in [0.2, 0.25) is 0 Å². The fraction of sp³-hybridized carbons (Fsp3) is 0.429. The minimum absolute atomic E-state index is 0.0822. The number of nitrogens with one attached hydrogen (secondary N) is 1. The first kappa shape index (κ1) is 20.6. The SMILES string of the molecule is C=N/C(=N\C1=C(C)N(C)C(=O)CCN1C1CCCC1)Nc1ccc(C(N)=O)cc1. The third-order valence-corrected chi connectivity index (χ3v) is 5.59. The average Bonchev–Trinajstić information content (AvgIpc) is 3.22. The first-order chi connectivity index (χ1) is 13.9. The first-order valence-electron chi connectivity index (χ1n) is 9.87. The van der Waals surface area contributed by atoms with Gasteiger partial charge in [-0.3, -0.25) is 9.59 Å². The number of nitrogens with zero attached hydrogens (tertiary/aromatic N) is 4. The summed E-state index contributed by atoms with van der Waals surface area (Å²) in [5.41, 5.74) is 7.23. The van der Waals surface area contributed by atoms with Crippen LogP contribution in [-0.2, 0) is 4.79 Å². The minimum Gasteiger partial charge on any atom is -0.366 e. The molecule has 0 atom stereocenters. The molecule has 2 amide bonds. The predicted octanol–water partition coefficient (Wildman–Crippen LogP) is 2.55. The van der Waals surface area contributed by atoms with Gasteiger partial charge in [-0.1, -0.05) is 12.8 Å². The van der Waals surface area contributed by atoms with Crippen molar-refractivity contribution in [1.29, 1.82) is 0 Å². The van der Waals surface area contributed by atoms with Crippen LogP contribution in [-0.4, -0.2) is 53.9 Å². The molecule has 1 aliphatic heterocycles. The van der Waals surface area contributed by atoms with E-state index < -0.39 is 5.91 Å². The molecule has 0 radical (unpaired) electrons. The third-order valence-electron chi connectivity index (χ3n) is 5.59. The summed E-state index contributed by atoms with van der Waals surface area (Å²) < 4.78 is 0. The van der Waals surface area contributed by atoms with Gasteiger partial charge in [0.15, 0.2) is 5.82 Å². The highest BCUT2D eigenvalue weighted by Gasteiger charge is 2.30. The van der Waals surface area contributed by atoms with Crippen LogP contribution in [0.1, 0.15) is 49.4 Å². The summed E-state index contributed by atoms with van der Waals surface area (Å²) in [6.45, 7) is 6.18. The van der Waals surface area contributed by atoms with Gasteiger partial charge in [-0.25, -0.2) is 4.99 Å². The molecule has 3 N–H and O–H groups in total. The fourth-order valence-corrected chi connectivity index (χ4v) is 3.80. The summed E-state index contributed by atoms with van der Waals surface area (Å²) in [5.74, 6) is 0.677. The van der Waals surface area contributed by atoms with Gasteiger partial charge < -0.3 is 20.9 Å². The lowest BCUT2D eigenvalue weighted by Gasteiger charge is -2.30. The summed E-state index contributed by atoms with van der Waals surface area (Å²) in [4.78, 5) is 36.3. The monoisotopic (exact) mass is 396 g/mol. The van der Waals surface area contributed by atoms with E-state index >= 15 is 0 Å². The Hall–Kier alpha value is -3.16. The number of hydrogen-bond acceptors (Lipinski definition) is 4. The van der Waals surface area contributed by atoms with E-state index in [9.17, 15) is 9.59 Å². The zero-order valence-corrected chi connectivity index (χ0v) is 17.0. The van der Waals surface area contributed by atoms with Crippen molar-refractivity contribution in [1.82, 2.24) is 9.80 Å². The largest absolute Gasteiger partial charge is 0.366 e. The van der Waals surface area contributed by atoms with Crippen LogP contribution in [0, 0.1) is 0 Å². The Morgan fingerprint density at radius 1 is 1.24 bits per heavy atom. The fourth-order valence-electron chi connectivity index (χ4n) is 3.80. The van der Waals surface area contributed by atoms with E-state index in [2.05, 4.69) is 21.9 Å². The van der Waals surface area contributed by atoms with E-state index in [0.29, 0.717) is 36.2 Å². The Balaban J connectivity index is 1.92. The smallest absolute Gasteiger partial charge is 0.248 e. The van der Waals surface area contributed by atoms with E-state index in [4.69, 9.17) is 10.7 Å². The second kappa shape index (κ2) is 8.89. The van der Waals surface area contributed by atoms with Gasteiger partial charge in [0.2, 0.25) is 17.8 Å². The Morgan fingerprint density at radius 3 is 2.48 bits per heavy atom. The van der Waals surface area contributed by atoms with Crippen LogP contribution >= 0.6 is 0 Å². The Bertz CT molecular complexity index is 852. The molecule has 0 spiro atoms. The van der Waals surface area contributed by atoms with E-state index in [0.717, 1.165) is 24.4 Å². The van der Waals surface area contributed by atoms with E-state index in [1.54, 1.807) is 36.2 Å². The van der Waals surface area contributed by atoms with E-state index in [1.165, 1.54) is 12.8 Å². The van der Waals surface area contributed by atoms with Gasteiger partial charge >= 0.3 is 0 Å². The van der Waals surface area contributed by atoms with Crippen molar-refractivity contribution in [3.63, 3.8) is 0 Å². The molecule has 1 heterocycles. The number of carbonyl (C=O) groups excluding carboxylic acids is 2. The summed E-state index contributed by atoms with van der Waals surface area (Å²) in [6.07, 6.45) is 5.05. The number of benzene rings is 1. The van der Waals surface area contributed by atoms with Crippen molar-refractivity contribution in [3.05, 3.63) is 41.3 Å². The number of allylic oxidation sites excluding steroid dienone is 1. The highest BCUT2D eigenvalue weighted by atomic mass is 16.2. The number of aliphatic imine (C=N–C) groups is 2. The number of guanidine groups is 1. The zero-order chi connectivity index (χ0) is 21.0. The van der Waals surface area contributed by atoms with Gasteiger partial charge in [0.05, 0.1) is 5.70 Å². The molecule has 3 rings (SSSR count). The number of amides is 2. The highest BCUT2D eigenvalue weighted by Crippen LogP contribution is 2.31. The zero-order valence-electron chi connectivity index (χ0n) is 17.0. The maximum absolute atomic E-state index is 12.4. The van der Waals surface area contributed by atoms with Crippen molar-refractivity contribution in [2.45, 2.75) is 45.1 Å². The number of carbonyl (C=O) groups is 2. The number of rotatable bonds is 4. The normalized spacial score (nSPS) is 18.8. The van der Waals surface area contributed by atoms with E-state index in [-0.39, 0.29) is 5.91 Å². The van der Waals surface area contributed by atoms with Crippen molar-refractivity contribution in [2.24, 2.45) is 15.7 Å². The molecule has 8 nitrogen and oxygen atoms in total. The lowest BCUT2D eigenvalue weighted by molar-refractivity contribution is -0.127. The molecule has 1 aromatic carbocycles. The van der Waals surface area contributed by atoms with Crippen LogP contribution in [0.3, 0.4) is 0 Å². The molecule has 1 saturated carbocycles. The van der Waals surface area contributed by atoms with Gasteiger partial charge in [0, 0.05) is 37.3 Å². The lowest BCUT2D eigenvalue weighted by Crippen LogP contribution is -2.33. The quantitative estimate of drug-likeness (QED) is 0.603.